The molecule has 0 unspecified atom stereocenters. The van der Waals surface area contributed by atoms with Crippen LogP contribution in [-0.4, -0.2) is 42.7 Å². The second-order valence-corrected chi connectivity index (χ2v) is 10.3. The van der Waals surface area contributed by atoms with Crippen molar-refractivity contribution in [2.24, 2.45) is 0 Å². The number of hydrogen-bond donors (Lipinski definition) is 3. The largest absolute Gasteiger partial charge is 0.507 e. The number of rotatable bonds is 8. The van der Waals surface area contributed by atoms with Gasteiger partial charge in [0.25, 0.3) is 10.0 Å². The van der Waals surface area contributed by atoms with Crippen LogP contribution in [-0.2, 0) is 10.0 Å². The first-order valence-electron chi connectivity index (χ1n) is 11.6. The Labute approximate surface area is 226 Å². The summed E-state index contributed by atoms with van der Waals surface area (Å²) in [5, 5.41) is 10.3. The highest BCUT2D eigenvalue weighted by Gasteiger charge is 2.26. The van der Waals surface area contributed by atoms with Crippen LogP contribution in [0, 0.1) is 11.6 Å². The molecule has 0 fully saturated rings. The van der Waals surface area contributed by atoms with E-state index in [-0.39, 0.29) is 32.8 Å². The highest BCUT2D eigenvalue weighted by Crippen LogP contribution is 2.31. The summed E-state index contributed by atoms with van der Waals surface area (Å²) in [5.41, 5.74) is -0.438. The zero-order valence-corrected chi connectivity index (χ0v) is 21.4. The van der Waals surface area contributed by atoms with Crippen molar-refractivity contribution in [3.63, 3.8) is 0 Å². The maximum atomic E-state index is 15.5. The van der Waals surface area contributed by atoms with E-state index in [0.29, 0.717) is 23.2 Å². The number of carbonyl (C=O) groups excluding carboxylic acids is 2. The van der Waals surface area contributed by atoms with Crippen LogP contribution in [0.3, 0.4) is 0 Å². The maximum Gasteiger partial charge on any atom is 0.261 e. The van der Waals surface area contributed by atoms with Gasteiger partial charge < -0.3 is 14.8 Å². The Morgan fingerprint density at radius 3 is 2.48 bits per heavy atom. The number of aldehydes is 1. The third-order valence-electron chi connectivity index (χ3n) is 6.20. The molecule has 3 aromatic carbocycles. The van der Waals surface area contributed by atoms with Gasteiger partial charge in [0.15, 0.2) is 12.1 Å². The molecular weight excluding hydrogens is 544 g/mol. The molecule has 0 saturated heterocycles. The van der Waals surface area contributed by atoms with Gasteiger partial charge in [0.05, 0.1) is 28.8 Å². The fourth-order valence-electron chi connectivity index (χ4n) is 4.10. The molecule has 0 aliphatic rings. The lowest BCUT2D eigenvalue weighted by Gasteiger charge is -2.12. The summed E-state index contributed by atoms with van der Waals surface area (Å²) in [6, 6.07) is 12.8. The molecule has 40 heavy (non-hydrogen) atoms. The third kappa shape index (κ3) is 4.76. The summed E-state index contributed by atoms with van der Waals surface area (Å²) in [4.78, 5) is 31.2. The van der Waals surface area contributed by atoms with Gasteiger partial charge >= 0.3 is 0 Å². The second-order valence-electron chi connectivity index (χ2n) is 8.61. The molecule has 0 amide bonds. The van der Waals surface area contributed by atoms with Crippen LogP contribution in [0.1, 0.15) is 26.3 Å². The molecule has 3 N–H and O–H groups in total. The molecule has 2 heterocycles. The smallest absolute Gasteiger partial charge is 0.261 e. The van der Waals surface area contributed by atoms with Gasteiger partial charge in [0.2, 0.25) is 5.78 Å². The van der Waals surface area contributed by atoms with E-state index < -0.39 is 38.7 Å². The predicted octanol–water partition coefficient (Wildman–Crippen LogP) is 5.07. The van der Waals surface area contributed by atoms with Crippen LogP contribution in [0.25, 0.3) is 22.2 Å². The number of ketones is 1. The number of anilines is 1. The summed E-state index contributed by atoms with van der Waals surface area (Å²) in [6.45, 7) is 0. The van der Waals surface area contributed by atoms with E-state index >= 15 is 4.39 Å². The normalized spacial score (nSPS) is 11.4. The van der Waals surface area contributed by atoms with Crippen molar-refractivity contribution >= 4 is 38.8 Å². The highest BCUT2D eigenvalue weighted by molar-refractivity contribution is 7.92. The number of pyridine rings is 1. The number of carbonyl (C=O) groups is 2. The molecule has 0 atom stereocenters. The van der Waals surface area contributed by atoms with E-state index in [2.05, 4.69) is 14.7 Å². The Kier molecular flexibility index (Phi) is 6.78. The van der Waals surface area contributed by atoms with E-state index in [4.69, 9.17) is 4.74 Å². The monoisotopic (exact) mass is 563 g/mol. The van der Waals surface area contributed by atoms with Crippen molar-refractivity contribution in [2.75, 3.05) is 11.8 Å². The molecule has 202 valence electrons. The van der Waals surface area contributed by atoms with Gasteiger partial charge in [-0.15, -0.1) is 0 Å². The van der Waals surface area contributed by atoms with Gasteiger partial charge in [-0.25, -0.2) is 22.2 Å². The molecule has 0 radical (unpaired) electrons. The number of benzene rings is 3. The number of sulfonamides is 1. The topological polar surface area (TPSA) is 138 Å². The third-order valence-corrected chi connectivity index (χ3v) is 7.58. The Morgan fingerprint density at radius 1 is 1.05 bits per heavy atom. The van der Waals surface area contributed by atoms with Crippen molar-refractivity contribution in [1.29, 1.82) is 0 Å². The number of fused-ring (bicyclic) bond motifs is 1. The van der Waals surface area contributed by atoms with E-state index in [1.165, 1.54) is 62.0 Å². The van der Waals surface area contributed by atoms with Crippen molar-refractivity contribution in [3.8, 4) is 22.6 Å². The van der Waals surface area contributed by atoms with Crippen LogP contribution in [0.2, 0.25) is 0 Å². The number of hydrogen-bond acceptors (Lipinski definition) is 7. The van der Waals surface area contributed by atoms with Crippen LogP contribution in [0.5, 0.6) is 11.5 Å². The van der Waals surface area contributed by atoms with Crippen molar-refractivity contribution in [2.45, 2.75) is 4.90 Å². The summed E-state index contributed by atoms with van der Waals surface area (Å²) in [6.07, 6.45) is 3.19. The fraction of sp³-hybridized carbons (Fsp3) is 0.0357. The molecule has 9 nitrogen and oxygen atoms in total. The highest BCUT2D eigenvalue weighted by atomic mass is 32.2. The van der Waals surface area contributed by atoms with Gasteiger partial charge in [0, 0.05) is 28.9 Å². The number of phenols is 1. The Hall–Kier alpha value is -5.10. The molecule has 0 aliphatic heterocycles. The van der Waals surface area contributed by atoms with Crippen LogP contribution in [0.4, 0.5) is 14.5 Å². The van der Waals surface area contributed by atoms with Gasteiger partial charge in [-0.05, 0) is 60.2 Å². The van der Waals surface area contributed by atoms with E-state index in [9.17, 15) is 27.5 Å². The van der Waals surface area contributed by atoms with Crippen molar-refractivity contribution < 1.29 is 36.6 Å². The molecule has 0 saturated carbocycles. The van der Waals surface area contributed by atoms with Crippen molar-refractivity contribution in [1.82, 2.24) is 9.97 Å². The minimum atomic E-state index is -4.29. The average molecular weight is 564 g/mol. The average Bonchev–Trinajstić information content (AvgIpc) is 3.38. The molecule has 0 aliphatic carbocycles. The quantitative estimate of drug-likeness (QED) is 0.177. The lowest BCUT2D eigenvalue weighted by molar-refractivity contribution is 0.103. The molecule has 12 heteroatoms. The molecule has 0 spiro atoms. The van der Waals surface area contributed by atoms with E-state index in [1.54, 1.807) is 6.07 Å². The van der Waals surface area contributed by atoms with Crippen LogP contribution >= 0.6 is 0 Å². The first-order chi connectivity index (χ1) is 19.1. The number of aromatic hydroxyl groups is 1. The maximum absolute atomic E-state index is 15.5. The summed E-state index contributed by atoms with van der Waals surface area (Å²) < 4.78 is 63.0. The van der Waals surface area contributed by atoms with Gasteiger partial charge in [0.1, 0.15) is 23.0 Å². The van der Waals surface area contributed by atoms with Crippen LogP contribution < -0.4 is 9.46 Å². The lowest BCUT2D eigenvalue weighted by atomic mass is 9.99. The zero-order chi connectivity index (χ0) is 28.6. The number of aromatic nitrogens is 2. The number of H-pyrrole nitrogens is 1. The Balaban J connectivity index is 1.52. The van der Waals surface area contributed by atoms with E-state index in [0.717, 1.165) is 12.1 Å². The van der Waals surface area contributed by atoms with Crippen LogP contribution in [0.15, 0.2) is 78.0 Å². The number of ether oxygens (including phenoxy) is 1. The first kappa shape index (κ1) is 26.5. The summed E-state index contributed by atoms with van der Waals surface area (Å²) >= 11 is 0. The fourth-order valence-corrected chi connectivity index (χ4v) is 5.16. The number of aromatic amines is 1. The standard InChI is InChI=1S/C28H19F2N3O6S/c1-39-18-4-6-19(7-5-18)40(37,38)33-23-9-8-22(29)25(26(23)30)27(36)21-13-32-28-20(21)10-17(12-31-28)15-2-3-16(14-34)24(35)11-15/h2-14,33,35H,1H3,(H,31,32). The molecule has 5 aromatic rings. The predicted molar refractivity (Wildman–Crippen MR) is 142 cm³/mol. The zero-order valence-electron chi connectivity index (χ0n) is 20.6. The molecule has 2 aromatic heterocycles. The number of nitrogens with one attached hydrogen (secondary N) is 2. The van der Waals surface area contributed by atoms with Gasteiger partial charge in [-0.1, -0.05) is 6.07 Å². The van der Waals surface area contributed by atoms with Gasteiger partial charge in [-0.2, -0.15) is 0 Å². The summed E-state index contributed by atoms with van der Waals surface area (Å²) in [5.74, 6) is -3.48. The molecule has 5 rings (SSSR count). The molecular formula is C28H19F2N3O6S. The van der Waals surface area contributed by atoms with E-state index in [1.807, 2.05) is 0 Å². The number of halogens is 2. The SMILES string of the molecule is COc1ccc(S(=O)(=O)Nc2ccc(F)c(C(=O)c3c[nH]c4ncc(-c5ccc(C=O)c(O)c5)cc34)c2F)cc1. The minimum absolute atomic E-state index is 0.0868. The summed E-state index contributed by atoms with van der Waals surface area (Å²) in [7, 11) is -2.87. The second kappa shape index (κ2) is 10.2. The number of nitrogens with zero attached hydrogens (tertiary/aromatic N) is 1. The Morgan fingerprint density at radius 2 is 1.80 bits per heavy atom. The first-order valence-corrected chi connectivity index (χ1v) is 13.1. The minimum Gasteiger partial charge on any atom is -0.507 e. The number of methoxy groups -OCH3 is 1. The molecule has 0 bridgehead atoms. The lowest BCUT2D eigenvalue weighted by Crippen LogP contribution is -2.16. The van der Waals surface area contributed by atoms with Gasteiger partial charge in [-0.3, -0.25) is 14.3 Å². The van der Waals surface area contributed by atoms with Crippen molar-refractivity contribution in [3.05, 3.63) is 101 Å². The Bertz CT molecular complexity index is 1900. The number of phenolic OH excluding ortho intramolecular Hbond substituents is 1.